The summed E-state index contributed by atoms with van der Waals surface area (Å²) in [7, 11) is 1.39. The number of hydrogen-bond donors (Lipinski definition) is 1. The third-order valence-corrected chi connectivity index (χ3v) is 4.16. The summed E-state index contributed by atoms with van der Waals surface area (Å²) in [5, 5.41) is 13.2. The van der Waals surface area contributed by atoms with E-state index in [1.165, 1.54) is 7.05 Å². The molecular weight excluding hydrogens is 402 g/mol. The fraction of sp³-hybridized carbons (Fsp3) is 0.211. The fourth-order valence-electron chi connectivity index (χ4n) is 2.24. The number of benzene rings is 2. The number of carbonyl (C=O) groups excluding carboxylic acids is 3. The first kappa shape index (κ1) is 21.8. The van der Waals surface area contributed by atoms with E-state index in [4.69, 9.17) is 16.3 Å². The second-order valence-electron chi connectivity index (χ2n) is 6.16. The van der Waals surface area contributed by atoms with Crippen molar-refractivity contribution in [3.8, 4) is 0 Å². The van der Waals surface area contributed by atoms with E-state index in [1.807, 2.05) is 19.1 Å². The van der Waals surface area contributed by atoms with Crippen molar-refractivity contribution < 1.29 is 24.0 Å². The molecule has 9 nitrogen and oxygen atoms in total. The molecular formula is C19H18ClN3O6. The zero-order chi connectivity index (χ0) is 21.6. The molecule has 0 heterocycles. The summed E-state index contributed by atoms with van der Waals surface area (Å²) in [4.78, 5) is 47.3. The Bertz CT molecular complexity index is 945. The van der Waals surface area contributed by atoms with Gasteiger partial charge in [0.25, 0.3) is 11.6 Å². The summed E-state index contributed by atoms with van der Waals surface area (Å²) < 4.78 is 4.89. The predicted octanol–water partition coefficient (Wildman–Crippen LogP) is 2.81. The van der Waals surface area contributed by atoms with Gasteiger partial charge in [-0.3, -0.25) is 19.7 Å². The number of likely N-dealkylation sites (N-methyl/N-ethyl adjacent to an activating group) is 1. The summed E-state index contributed by atoms with van der Waals surface area (Å²) in [6.45, 7) is 1.08. The van der Waals surface area contributed by atoms with Crippen LogP contribution in [0.2, 0.25) is 5.02 Å². The monoisotopic (exact) mass is 419 g/mol. The fourth-order valence-corrected chi connectivity index (χ4v) is 2.49. The van der Waals surface area contributed by atoms with Crippen LogP contribution in [0.5, 0.6) is 0 Å². The maximum atomic E-state index is 12.1. The molecule has 152 valence electrons. The van der Waals surface area contributed by atoms with Crippen LogP contribution in [0, 0.1) is 17.0 Å². The van der Waals surface area contributed by atoms with Gasteiger partial charge in [0.1, 0.15) is 0 Å². The van der Waals surface area contributed by atoms with Gasteiger partial charge >= 0.3 is 5.97 Å². The number of carbonyl (C=O) groups is 3. The summed E-state index contributed by atoms with van der Waals surface area (Å²) in [6, 6.07) is 10.4. The van der Waals surface area contributed by atoms with E-state index in [1.54, 1.807) is 12.1 Å². The highest BCUT2D eigenvalue weighted by Gasteiger charge is 2.19. The largest absolute Gasteiger partial charge is 0.452 e. The van der Waals surface area contributed by atoms with Gasteiger partial charge in [-0.15, -0.1) is 0 Å². The molecule has 10 heteroatoms. The third-order valence-electron chi connectivity index (χ3n) is 3.85. The lowest BCUT2D eigenvalue weighted by Gasteiger charge is -2.17. The Balaban J connectivity index is 1.86. The Morgan fingerprint density at radius 3 is 2.41 bits per heavy atom. The van der Waals surface area contributed by atoms with Crippen LogP contribution in [0.15, 0.2) is 42.5 Å². The summed E-state index contributed by atoms with van der Waals surface area (Å²) in [5.41, 5.74) is 1.26. The third kappa shape index (κ3) is 6.28. The van der Waals surface area contributed by atoms with E-state index >= 15 is 0 Å². The lowest BCUT2D eigenvalue weighted by atomic mass is 10.2. The number of aryl methyl sites for hydroxylation is 1. The molecule has 2 amide bonds. The molecule has 0 fully saturated rings. The van der Waals surface area contributed by atoms with E-state index in [0.29, 0.717) is 5.69 Å². The van der Waals surface area contributed by atoms with E-state index in [0.717, 1.165) is 28.7 Å². The Morgan fingerprint density at radius 2 is 1.83 bits per heavy atom. The summed E-state index contributed by atoms with van der Waals surface area (Å²) in [5.74, 6) is -1.92. The van der Waals surface area contributed by atoms with E-state index in [2.05, 4.69) is 5.32 Å². The number of halogens is 1. The average molecular weight is 420 g/mol. The van der Waals surface area contributed by atoms with E-state index < -0.39 is 29.3 Å². The Morgan fingerprint density at radius 1 is 1.17 bits per heavy atom. The zero-order valence-corrected chi connectivity index (χ0v) is 16.4. The first-order valence-electron chi connectivity index (χ1n) is 8.39. The van der Waals surface area contributed by atoms with Crippen LogP contribution in [0.1, 0.15) is 15.9 Å². The number of nitrogens with zero attached hydrogens (tertiary/aromatic N) is 2. The van der Waals surface area contributed by atoms with Crippen LogP contribution < -0.4 is 5.32 Å². The minimum atomic E-state index is -0.907. The van der Waals surface area contributed by atoms with Gasteiger partial charge in [-0.2, -0.15) is 0 Å². The predicted molar refractivity (Wildman–Crippen MR) is 106 cm³/mol. The number of ether oxygens (including phenoxy) is 1. The summed E-state index contributed by atoms with van der Waals surface area (Å²) >= 11 is 5.85. The molecule has 2 aromatic rings. The molecule has 0 aliphatic carbocycles. The second-order valence-corrected chi connectivity index (χ2v) is 6.57. The molecule has 2 rings (SSSR count). The van der Waals surface area contributed by atoms with Crippen molar-refractivity contribution in [2.75, 3.05) is 25.5 Å². The molecule has 0 unspecified atom stereocenters. The molecule has 2 aromatic carbocycles. The van der Waals surface area contributed by atoms with Crippen LogP contribution in [-0.2, 0) is 14.3 Å². The van der Waals surface area contributed by atoms with Crippen molar-refractivity contribution in [1.29, 1.82) is 0 Å². The zero-order valence-electron chi connectivity index (χ0n) is 15.7. The van der Waals surface area contributed by atoms with Gasteiger partial charge in [0, 0.05) is 24.9 Å². The van der Waals surface area contributed by atoms with Crippen LogP contribution in [-0.4, -0.2) is 47.8 Å². The number of esters is 1. The number of amides is 2. The molecule has 0 aliphatic rings. The molecule has 0 aliphatic heterocycles. The highest BCUT2D eigenvalue weighted by atomic mass is 35.5. The lowest BCUT2D eigenvalue weighted by Crippen LogP contribution is -2.37. The quantitative estimate of drug-likeness (QED) is 0.418. The molecule has 0 atom stereocenters. The van der Waals surface area contributed by atoms with Gasteiger partial charge in [0.05, 0.1) is 22.1 Å². The van der Waals surface area contributed by atoms with Gasteiger partial charge in [-0.1, -0.05) is 29.3 Å². The molecule has 0 bridgehead atoms. The van der Waals surface area contributed by atoms with Crippen molar-refractivity contribution in [2.24, 2.45) is 0 Å². The first-order chi connectivity index (χ1) is 13.7. The van der Waals surface area contributed by atoms with Crippen LogP contribution in [0.3, 0.4) is 0 Å². The number of rotatable bonds is 7. The van der Waals surface area contributed by atoms with Gasteiger partial charge in [0.2, 0.25) is 5.91 Å². The van der Waals surface area contributed by atoms with Crippen molar-refractivity contribution in [1.82, 2.24) is 4.90 Å². The lowest BCUT2D eigenvalue weighted by molar-refractivity contribution is -0.384. The van der Waals surface area contributed by atoms with Gasteiger partial charge < -0.3 is 15.0 Å². The smallest absolute Gasteiger partial charge is 0.340 e. The Kier molecular flexibility index (Phi) is 7.27. The van der Waals surface area contributed by atoms with E-state index in [-0.39, 0.29) is 22.8 Å². The van der Waals surface area contributed by atoms with Crippen LogP contribution in [0.4, 0.5) is 11.4 Å². The number of nitro groups is 1. The highest BCUT2D eigenvalue weighted by molar-refractivity contribution is 6.33. The SMILES string of the molecule is Cc1ccc(NC(=O)CN(C)C(=O)COC(=O)c2ccc([N+](=O)[O-])cc2Cl)cc1. The molecule has 0 saturated carbocycles. The van der Waals surface area contributed by atoms with Gasteiger partial charge in [0.15, 0.2) is 6.61 Å². The number of anilines is 1. The minimum Gasteiger partial charge on any atom is -0.452 e. The van der Waals surface area contributed by atoms with Crippen LogP contribution >= 0.6 is 11.6 Å². The molecule has 0 spiro atoms. The number of nitrogens with one attached hydrogen (secondary N) is 1. The maximum absolute atomic E-state index is 12.1. The second kappa shape index (κ2) is 9.65. The Labute approximate surface area is 171 Å². The van der Waals surface area contributed by atoms with Gasteiger partial charge in [-0.05, 0) is 25.1 Å². The maximum Gasteiger partial charge on any atom is 0.340 e. The standard InChI is InChI=1S/C19H18ClN3O6/c1-12-3-5-13(6-4-12)21-17(24)10-22(2)18(25)11-29-19(26)15-8-7-14(23(27)28)9-16(15)20/h3-9H,10-11H2,1-2H3,(H,21,24). The molecule has 0 aromatic heterocycles. The van der Waals surface area contributed by atoms with Crippen molar-refractivity contribution in [3.63, 3.8) is 0 Å². The number of nitro benzene ring substituents is 1. The minimum absolute atomic E-state index is 0.107. The number of hydrogen-bond acceptors (Lipinski definition) is 6. The molecule has 0 radical (unpaired) electrons. The molecule has 0 saturated heterocycles. The molecule has 1 N–H and O–H groups in total. The first-order valence-corrected chi connectivity index (χ1v) is 8.76. The van der Waals surface area contributed by atoms with Crippen molar-refractivity contribution in [3.05, 3.63) is 68.7 Å². The highest BCUT2D eigenvalue weighted by Crippen LogP contribution is 2.23. The normalized spacial score (nSPS) is 10.2. The Hall–Kier alpha value is -3.46. The van der Waals surface area contributed by atoms with Gasteiger partial charge in [-0.25, -0.2) is 4.79 Å². The number of non-ortho nitro benzene ring substituents is 1. The van der Waals surface area contributed by atoms with E-state index in [9.17, 15) is 24.5 Å². The average Bonchev–Trinajstić information content (AvgIpc) is 2.67. The molecule has 29 heavy (non-hydrogen) atoms. The van der Waals surface area contributed by atoms with Crippen LogP contribution in [0.25, 0.3) is 0 Å². The summed E-state index contributed by atoms with van der Waals surface area (Å²) in [6.07, 6.45) is 0. The van der Waals surface area contributed by atoms with Crippen molar-refractivity contribution >= 4 is 40.8 Å². The topological polar surface area (TPSA) is 119 Å². The van der Waals surface area contributed by atoms with Crippen molar-refractivity contribution in [2.45, 2.75) is 6.92 Å².